The molecule has 0 radical (unpaired) electrons. The van der Waals surface area contributed by atoms with Crippen LogP contribution in [0.2, 0.25) is 5.15 Å². The average molecular weight is 631 g/mol. The van der Waals surface area contributed by atoms with Gasteiger partial charge in [0.05, 0.1) is 5.92 Å². The fourth-order valence-electron chi connectivity index (χ4n) is 5.09. The van der Waals surface area contributed by atoms with Gasteiger partial charge in [0.15, 0.2) is 5.03 Å². The van der Waals surface area contributed by atoms with Gasteiger partial charge in [0.25, 0.3) is 5.96 Å². The number of rotatable bonds is 9. The highest BCUT2D eigenvalue weighted by Crippen LogP contribution is 2.60. The number of aromatic nitrogens is 1. The summed E-state index contributed by atoms with van der Waals surface area (Å²) in [6.45, 7) is 9.99. The summed E-state index contributed by atoms with van der Waals surface area (Å²) in [5.41, 5.74) is 2.55. The summed E-state index contributed by atoms with van der Waals surface area (Å²) in [5.74, 6) is 1.18. The van der Waals surface area contributed by atoms with E-state index in [2.05, 4.69) is 41.4 Å². The van der Waals surface area contributed by atoms with Gasteiger partial charge in [-0.2, -0.15) is 5.26 Å². The number of pyridine rings is 1. The van der Waals surface area contributed by atoms with Crippen LogP contribution in [-0.4, -0.2) is 39.9 Å². The molecule has 1 N–H and O–H groups in total. The second kappa shape index (κ2) is 14.7. The van der Waals surface area contributed by atoms with Crippen molar-refractivity contribution in [2.75, 3.05) is 13.1 Å². The highest BCUT2D eigenvalue weighted by atomic mass is 35.5. The van der Waals surface area contributed by atoms with Crippen molar-refractivity contribution in [1.29, 1.82) is 5.26 Å². The van der Waals surface area contributed by atoms with Crippen molar-refractivity contribution < 1.29 is 19.3 Å². The van der Waals surface area contributed by atoms with E-state index >= 15 is 0 Å². The van der Waals surface area contributed by atoms with Crippen molar-refractivity contribution in [2.45, 2.75) is 40.3 Å². The summed E-state index contributed by atoms with van der Waals surface area (Å²) >= 11 is 5.68. The molecular formula is C33H35ClN6O5. The number of allylic oxidation sites excluding steroid dienone is 2. The Balaban J connectivity index is 0.000000231. The van der Waals surface area contributed by atoms with Gasteiger partial charge in [-0.1, -0.05) is 73.5 Å². The number of ether oxygens (including phenoxy) is 2. The number of carbonyl (C=O) groups is 1. The molecule has 3 unspecified atom stereocenters. The zero-order valence-electron chi connectivity index (χ0n) is 25.5. The van der Waals surface area contributed by atoms with Crippen LogP contribution in [0.1, 0.15) is 44.9 Å². The van der Waals surface area contributed by atoms with Crippen LogP contribution < -0.4 is 10.1 Å². The fourth-order valence-corrected chi connectivity index (χ4v) is 5.20. The quantitative estimate of drug-likeness (QED) is 0.0919. The van der Waals surface area contributed by atoms with Gasteiger partial charge in [0.1, 0.15) is 27.8 Å². The number of guanidine groups is 1. The van der Waals surface area contributed by atoms with Gasteiger partial charge >= 0.3 is 5.97 Å². The van der Waals surface area contributed by atoms with Gasteiger partial charge in [-0.05, 0) is 61.1 Å². The lowest BCUT2D eigenvalue weighted by atomic mass is 10.1. The number of hydrazone groups is 1. The maximum atomic E-state index is 12.7. The Labute approximate surface area is 267 Å². The zero-order valence-corrected chi connectivity index (χ0v) is 26.3. The number of benzene rings is 2. The summed E-state index contributed by atoms with van der Waals surface area (Å²) in [5, 5.41) is 25.7. The monoisotopic (exact) mass is 630 g/mol. The molecule has 0 bridgehead atoms. The van der Waals surface area contributed by atoms with E-state index in [9.17, 15) is 20.2 Å². The van der Waals surface area contributed by atoms with Crippen molar-refractivity contribution in [3.63, 3.8) is 0 Å². The van der Waals surface area contributed by atoms with Gasteiger partial charge in [0, 0.05) is 31.4 Å². The lowest BCUT2D eigenvalue weighted by Crippen LogP contribution is -2.30. The number of nitrogens with one attached hydrogen (secondary N) is 1. The predicted octanol–water partition coefficient (Wildman–Crippen LogP) is 6.51. The van der Waals surface area contributed by atoms with Crippen LogP contribution in [-0.2, 0) is 16.1 Å². The largest absolute Gasteiger partial charge is 0.457 e. The van der Waals surface area contributed by atoms with Gasteiger partial charge in [-0.3, -0.25) is 4.79 Å². The van der Waals surface area contributed by atoms with Crippen LogP contribution in [0.5, 0.6) is 11.5 Å². The molecule has 234 valence electrons. The van der Waals surface area contributed by atoms with E-state index in [1.165, 1.54) is 5.57 Å². The van der Waals surface area contributed by atoms with Crippen LogP contribution >= 0.6 is 11.6 Å². The van der Waals surface area contributed by atoms with Crippen LogP contribution in [0.15, 0.2) is 89.7 Å². The molecule has 3 aromatic rings. The lowest BCUT2D eigenvalue weighted by Gasteiger charge is -2.14. The highest BCUT2D eigenvalue weighted by molar-refractivity contribution is 6.29. The minimum atomic E-state index is -0.962. The lowest BCUT2D eigenvalue weighted by molar-refractivity contribution is -0.485. The number of esters is 1. The number of para-hydroxylation sites is 1. The normalized spacial score (nSPS) is 19.2. The predicted molar refractivity (Wildman–Crippen MR) is 170 cm³/mol. The van der Waals surface area contributed by atoms with Gasteiger partial charge in [0.2, 0.25) is 6.10 Å². The number of nitro groups is 1. The Morgan fingerprint density at radius 2 is 1.96 bits per heavy atom. The Morgan fingerprint density at radius 1 is 1.22 bits per heavy atom. The third-order valence-corrected chi connectivity index (χ3v) is 7.69. The van der Waals surface area contributed by atoms with Gasteiger partial charge in [-0.25, -0.2) is 15.1 Å². The Morgan fingerprint density at radius 3 is 2.60 bits per heavy atom. The van der Waals surface area contributed by atoms with Crippen molar-refractivity contribution in [3.05, 3.63) is 111 Å². The molecule has 0 amide bonds. The molecule has 0 spiro atoms. The van der Waals surface area contributed by atoms with E-state index in [4.69, 9.17) is 21.1 Å². The SMILES string of the molecule is CC(C)=CC1C(C(=O)OC(C#N)c2cccc(Oc3ccccc3)c2)C1(C)C.O=[N+]([O-])/N=C1\NCCN1Cc1ccc(Cl)nc1. The number of nitrogens with zero attached hydrogens (tertiary/aromatic N) is 5. The molecule has 12 heteroatoms. The molecule has 3 atom stereocenters. The first-order valence-electron chi connectivity index (χ1n) is 14.4. The zero-order chi connectivity index (χ0) is 32.6. The molecule has 1 aliphatic carbocycles. The van der Waals surface area contributed by atoms with E-state index in [0.717, 1.165) is 5.56 Å². The molecule has 2 aromatic carbocycles. The molecule has 1 saturated carbocycles. The standard InChI is InChI=1S/C24H25NO3.C9H10ClN5O2/c1-16(2)13-20-22(24(20,3)4)23(26)28-21(15-25)17-9-8-12-19(14-17)27-18-10-6-5-7-11-18;10-8-2-1-7(5-12-8)6-14-4-3-11-9(14)13-15(16)17/h5-14,20-22H,1-4H3;1-2,5H,3-4,6H2,(H,11,13). The topological polar surface area (TPSA) is 143 Å². The minimum absolute atomic E-state index is 0.146. The summed E-state index contributed by atoms with van der Waals surface area (Å²) in [7, 11) is 0. The Bertz CT molecular complexity index is 1600. The first kappa shape index (κ1) is 33.0. The first-order chi connectivity index (χ1) is 21.5. The summed E-state index contributed by atoms with van der Waals surface area (Å²) in [6, 6.07) is 22.1. The Kier molecular flexibility index (Phi) is 10.8. The summed E-state index contributed by atoms with van der Waals surface area (Å²) < 4.78 is 11.4. The second-order valence-corrected chi connectivity index (χ2v) is 11.9. The van der Waals surface area contributed by atoms with Gasteiger partial charge < -0.3 is 19.7 Å². The molecular weight excluding hydrogens is 596 g/mol. The van der Waals surface area contributed by atoms with Crippen LogP contribution in [0.3, 0.4) is 0 Å². The highest BCUT2D eigenvalue weighted by Gasteiger charge is 2.61. The van der Waals surface area contributed by atoms with Crippen LogP contribution in [0.4, 0.5) is 0 Å². The van der Waals surface area contributed by atoms with Crippen LogP contribution in [0, 0.1) is 38.7 Å². The second-order valence-electron chi connectivity index (χ2n) is 11.5. The summed E-state index contributed by atoms with van der Waals surface area (Å²) in [4.78, 5) is 28.8. The first-order valence-corrected chi connectivity index (χ1v) is 14.8. The van der Waals surface area contributed by atoms with Crippen molar-refractivity contribution in [1.82, 2.24) is 15.2 Å². The van der Waals surface area contributed by atoms with E-state index in [1.54, 1.807) is 35.4 Å². The molecule has 5 rings (SSSR count). The van der Waals surface area contributed by atoms with Gasteiger partial charge in [-0.15, -0.1) is 0 Å². The third kappa shape index (κ3) is 9.03. The minimum Gasteiger partial charge on any atom is -0.457 e. The van der Waals surface area contributed by atoms with Crippen LogP contribution in [0.25, 0.3) is 0 Å². The molecule has 1 saturated heterocycles. The number of carbonyl (C=O) groups excluding carboxylic acids is 1. The van der Waals surface area contributed by atoms with Crippen molar-refractivity contribution in [3.8, 4) is 17.6 Å². The molecule has 1 aliphatic heterocycles. The molecule has 1 aromatic heterocycles. The van der Waals surface area contributed by atoms with E-state index in [1.807, 2.05) is 56.3 Å². The number of halogens is 1. The molecule has 11 nitrogen and oxygen atoms in total. The Hall–Kier alpha value is -4.95. The molecule has 45 heavy (non-hydrogen) atoms. The average Bonchev–Trinajstić information content (AvgIpc) is 3.28. The fraction of sp³-hybridized carbons (Fsp3) is 0.333. The maximum Gasteiger partial charge on any atom is 0.311 e. The number of hydrogen-bond acceptors (Lipinski definition) is 7. The number of hydrogen-bond donors (Lipinski definition) is 1. The maximum absolute atomic E-state index is 12.7. The van der Waals surface area contributed by atoms with E-state index in [-0.39, 0.29) is 29.2 Å². The molecule has 2 aliphatic rings. The summed E-state index contributed by atoms with van der Waals surface area (Å²) in [6.07, 6.45) is 2.79. The third-order valence-electron chi connectivity index (χ3n) is 7.47. The van der Waals surface area contributed by atoms with E-state index in [0.29, 0.717) is 41.8 Å². The smallest absolute Gasteiger partial charge is 0.311 e. The molecule has 2 fully saturated rings. The van der Waals surface area contributed by atoms with Crippen molar-refractivity contribution >= 4 is 23.5 Å². The molecule has 2 heterocycles. The number of nitriles is 1. The van der Waals surface area contributed by atoms with Crippen molar-refractivity contribution in [2.24, 2.45) is 22.4 Å². The van der Waals surface area contributed by atoms with E-state index < -0.39 is 11.1 Å².